The van der Waals surface area contributed by atoms with E-state index in [1.54, 1.807) is 7.11 Å². The maximum absolute atomic E-state index is 5.27. The van der Waals surface area contributed by atoms with Gasteiger partial charge in [0.05, 0.1) is 22.7 Å². The lowest BCUT2D eigenvalue weighted by Gasteiger charge is -2.02. The molecule has 1 aromatic heterocycles. The third-order valence-electron chi connectivity index (χ3n) is 3.07. The molecule has 0 saturated heterocycles. The average Bonchev–Trinajstić information content (AvgIpc) is 3.13. The first kappa shape index (κ1) is 10.8. The molecule has 0 N–H and O–H groups in total. The van der Waals surface area contributed by atoms with E-state index in [-0.39, 0.29) is 0 Å². The lowest BCUT2D eigenvalue weighted by atomic mass is 10.1. The molecular formula is C14H15NOS. The first-order chi connectivity index (χ1) is 8.28. The lowest BCUT2D eigenvalue weighted by molar-refractivity contribution is 0.415. The van der Waals surface area contributed by atoms with Crippen molar-refractivity contribution in [2.75, 3.05) is 7.11 Å². The summed E-state index contributed by atoms with van der Waals surface area (Å²) in [5.41, 5.74) is 2.36. The first-order valence-electron chi connectivity index (χ1n) is 5.89. The molecule has 1 aliphatic rings. The third kappa shape index (κ3) is 2.07. The van der Waals surface area contributed by atoms with Gasteiger partial charge in [0.1, 0.15) is 5.75 Å². The number of aromatic nitrogens is 1. The summed E-state index contributed by atoms with van der Waals surface area (Å²) in [5, 5.41) is 1.31. The predicted molar refractivity (Wildman–Crippen MR) is 70.8 cm³/mol. The van der Waals surface area contributed by atoms with Gasteiger partial charge in [-0.2, -0.15) is 0 Å². The second-order valence-electron chi connectivity index (χ2n) is 4.47. The fraction of sp³-hybridized carbons (Fsp3) is 0.357. The molecule has 2 nitrogen and oxygen atoms in total. The van der Waals surface area contributed by atoms with Gasteiger partial charge in [-0.05, 0) is 37.5 Å². The summed E-state index contributed by atoms with van der Waals surface area (Å²) in [4.78, 5) is 5.97. The molecule has 0 aliphatic heterocycles. The topological polar surface area (TPSA) is 22.1 Å². The van der Waals surface area contributed by atoms with Crippen molar-refractivity contribution in [2.45, 2.75) is 25.7 Å². The Balaban J connectivity index is 2.01. The number of rotatable bonds is 3. The highest BCUT2D eigenvalue weighted by atomic mass is 32.1. The van der Waals surface area contributed by atoms with Crippen molar-refractivity contribution in [1.29, 1.82) is 0 Å². The minimum Gasteiger partial charge on any atom is -0.497 e. The van der Waals surface area contributed by atoms with Crippen LogP contribution in [0, 0.1) is 6.92 Å². The van der Waals surface area contributed by atoms with Gasteiger partial charge < -0.3 is 4.74 Å². The molecule has 1 heterocycles. The maximum Gasteiger partial charge on any atom is 0.119 e. The summed E-state index contributed by atoms with van der Waals surface area (Å²) in [7, 11) is 1.70. The monoisotopic (exact) mass is 245 g/mol. The van der Waals surface area contributed by atoms with Gasteiger partial charge in [-0.25, -0.2) is 4.98 Å². The molecule has 17 heavy (non-hydrogen) atoms. The normalized spacial score (nSPS) is 14.9. The summed E-state index contributed by atoms with van der Waals surface area (Å²) in [5.74, 6) is 1.64. The first-order valence-corrected chi connectivity index (χ1v) is 6.71. The quantitative estimate of drug-likeness (QED) is 0.815. The Hall–Kier alpha value is -1.35. The maximum atomic E-state index is 5.27. The van der Waals surface area contributed by atoms with Gasteiger partial charge in [0.25, 0.3) is 0 Å². The Kier molecular flexibility index (Phi) is 2.63. The van der Waals surface area contributed by atoms with Gasteiger partial charge in [-0.3, -0.25) is 0 Å². The zero-order valence-corrected chi connectivity index (χ0v) is 10.9. The van der Waals surface area contributed by atoms with Gasteiger partial charge in [-0.15, -0.1) is 11.3 Å². The second-order valence-corrected chi connectivity index (χ2v) is 5.50. The van der Waals surface area contributed by atoms with Gasteiger partial charge in [-0.1, -0.05) is 12.1 Å². The van der Waals surface area contributed by atoms with Crippen LogP contribution < -0.4 is 4.74 Å². The highest BCUT2D eigenvalue weighted by molar-refractivity contribution is 7.15. The molecule has 0 amide bonds. The molecular weight excluding hydrogens is 230 g/mol. The summed E-state index contributed by atoms with van der Waals surface area (Å²) in [6.45, 7) is 2.09. The number of aryl methyl sites for hydroxylation is 1. The smallest absolute Gasteiger partial charge is 0.119 e. The average molecular weight is 245 g/mol. The molecule has 2 aromatic rings. The molecule has 0 bridgehead atoms. The zero-order chi connectivity index (χ0) is 11.8. The summed E-state index contributed by atoms with van der Waals surface area (Å²) in [6, 6.07) is 8.21. The van der Waals surface area contributed by atoms with E-state index in [1.165, 1.54) is 28.3 Å². The Labute approximate surface area is 105 Å². The van der Waals surface area contributed by atoms with Crippen LogP contribution in [0.5, 0.6) is 5.75 Å². The van der Waals surface area contributed by atoms with Crippen LogP contribution in [0.4, 0.5) is 0 Å². The number of benzene rings is 1. The van der Waals surface area contributed by atoms with Gasteiger partial charge in [0.15, 0.2) is 0 Å². The van der Waals surface area contributed by atoms with Crippen LogP contribution >= 0.6 is 11.3 Å². The number of ether oxygens (including phenoxy) is 1. The number of hydrogen-bond donors (Lipinski definition) is 0. The van der Waals surface area contributed by atoms with Crippen molar-refractivity contribution < 1.29 is 4.74 Å². The van der Waals surface area contributed by atoms with Crippen molar-refractivity contribution >= 4 is 11.3 Å². The number of thiazole rings is 1. The Morgan fingerprint density at radius 3 is 2.88 bits per heavy atom. The Bertz CT molecular complexity index is 543. The van der Waals surface area contributed by atoms with Crippen LogP contribution in [0.15, 0.2) is 24.3 Å². The van der Waals surface area contributed by atoms with Gasteiger partial charge >= 0.3 is 0 Å². The Morgan fingerprint density at radius 1 is 1.35 bits per heavy atom. The summed E-state index contributed by atoms with van der Waals surface area (Å²) in [6.07, 6.45) is 2.62. The minimum atomic E-state index is 0.734. The zero-order valence-electron chi connectivity index (χ0n) is 10.1. The molecule has 1 aromatic carbocycles. The highest BCUT2D eigenvalue weighted by Crippen LogP contribution is 2.44. The van der Waals surface area contributed by atoms with E-state index in [2.05, 4.69) is 24.0 Å². The number of nitrogens with zero attached hydrogens (tertiary/aromatic N) is 1. The molecule has 0 radical (unpaired) electrons. The number of hydrogen-bond acceptors (Lipinski definition) is 3. The molecule has 0 atom stereocenters. The minimum absolute atomic E-state index is 0.734. The van der Waals surface area contributed by atoms with E-state index in [4.69, 9.17) is 4.74 Å². The Morgan fingerprint density at radius 2 is 2.18 bits per heavy atom. The van der Waals surface area contributed by atoms with Crippen LogP contribution in [0.3, 0.4) is 0 Å². The molecule has 1 saturated carbocycles. The van der Waals surface area contributed by atoms with Crippen LogP contribution in [-0.4, -0.2) is 12.1 Å². The summed E-state index contributed by atoms with van der Waals surface area (Å²) < 4.78 is 5.27. The van der Waals surface area contributed by atoms with Crippen molar-refractivity contribution in [2.24, 2.45) is 0 Å². The molecule has 1 fully saturated rings. The lowest BCUT2D eigenvalue weighted by Crippen LogP contribution is -1.83. The SMILES string of the molecule is COc1cccc(-c2sc(C3CC3)nc2C)c1. The van der Waals surface area contributed by atoms with E-state index in [0.29, 0.717) is 0 Å². The fourth-order valence-corrected chi connectivity index (χ4v) is 3.19. The van der Waals surface area contributed by atoms with E-state index < -0.39 is 0 Å². The predicted octanol–water partition coefficient (Wildman–Crippen LogP) is 4.00. The van der Waals surface area contributed by atoms with Gasteiger partial charge in [0.2, 0.25) is 0 Å². The van der Waals surface area contributed by atoms with Crippen LogP contribution in [0.25, 0.3) is 10.4 Å². The van der Waals surface area contributed by atoms with Gasteiger partial charge in [0, 0.05) is 5.92 Å². The molecule has 0 unspecified atom stereocenters. The molecule has 0 spiro atoms. The highest BCUT2D eigenvalue weighted by Gasteiger charge is 2.27. The van der Waals surface area contributed by atoms with Crippen LogP contribution in [-0.2, 0) is 0 Å². The largest absolute Gasteiger partial charge is 0.497 e. The number of methoxy groups -OCH3 is 1. The van der Waals surface area contributed by atoms with E-state index >= 15 is 0 Å². The van der Waals surface area contributed by atoms with Crippen LogP contribution in [0.1, 0.15) is 29.5 Å². The standard InChI is InChI=1S/C14H15NOS/c1-9-13(17-14(15-9)10-6-7-10)11-4-3-5-12(8-11)16-2/h3-5,8,10H,6-7H2,1-2H3. The molecule has 3 rings (SSSR count). The van der Waals surface area contributed by atoms with Crippen molar-refractivity contribution in [3.63, 3.8) is 0 Å². The fourth-order valence-electron chi connectivity index (χ4n) is 1.95. The second kappa shape index (κ2) is 4.15. The molecule has 88 valence electrons. The van der Waals surface area contributed by atoms with E-state index in [0.717, 1.165) is 17.4 Å². The van der Waals surface area contributed by atoms with Crippen molar-refractivity contribution in [1.82, 2.24) is 4.98 Å². The third-order valence-corrected chi connectivity index (χ3v) is 4.44. The summed E-state index contributed by atoms with van der Waals surface area (Å²) >= 11 is 1.84. The van der Waals surface area contributed by atoms with Crippen molar-refractivity contribution in [3.05, 3.63) is 35.0 Å². The molecule has 1 aliphatic carbocycles. The van der Waals surface area contributed by atoms with E-state index in [1.807, 2.05) is 23.5 Å². The van der Waals surface area contributed by atoms with Crippen LogP contribution in [0.2, 0.25) is 0 Å². The van der Waals surface area contributed by atoms with E-state index in [9.17, 15) is 0 Å². The van der Waals surface area contributed by atoms with Crippen molar-refractivity contribution in [3.8, 4) is 16.2 Å². The molecule has 3 heteroatoms.